The summed E-state index contributed by atoms with van der Waals surface area (Å²) in [4.78, 5) is 54.0. The van der Waals surface area contributed by atoms with Crippen LogP contribution in [-0.4, -0.2) is 106 Å². The number of rotatable bonds is 7. The van der Waals surface area contributed by atoms with Crippen molar-refractivity contribution in [3.8, 4) is 0 Å². The maximum absolute atomic E-state index is 9.00. The van der Waals surface area contributed by atoms with Gasteiger partial charge in [-0.2, -0.15) is 0 Å². The lowest BCUT2D eigenvalue weighted by Crippen LogP contribution is -2.32. The fraction of sp³-hybridized carbons (Fsp3) is 0.667. The summed E-state index contributed by atoms with van der Waals surface area (Å²) in [7, 11) is 0. The lowest BCUT2D eigenvalue weighted by atomic mass is 10.5. The minimum Gasteiger partial charge on any atom is -0.481 e. The van der Waals surface area contributed by atoms with Gasteiger partial charge >= 0.3 is 0 Å². The molecule has 0 amide bonds. The van der Waals surface area contributed by atoms with Crippen LogP contribution in [0.2, 0.25) is 0 Å². The Labute approximate surface area is 205 Å². The van der Waals surface area contributed by atoms with Gasteiger partial charge in [0.05, 0.1) is 0 Å². The Morgan fingerprint density at radius 2 is 0.571 bits per heavy atom. The number of carbonyl (C=O) groups is 6. The molecule has 0 atom stereocenters. The van der Waals surface area contributed by atoms with E-state index in [0.29, 0.717) is 13.1 Å². The van der Waals surface area contributed by atoms with Crippen LogP contribution in [-0.2, 0) is 28.8 Å². The van der Waals surface area contributed by atoms with E-state index in [2.05, 4.69) is 10.6 Å². The van der Waals surface area contributed by atoms with Gasteiger partial charge in [-0.25, -0.2) is 0 Å². The molecule has 0 heterocycles. The number of aliphatic carboxylic acids is 6. The first kappa shape index (κ1) is 53.1. The van der Waals surface area contributed by atoms with Gasteiger partial charge in [-0.1, -0.05) is 0 Å². The van der Waals surface area contributed by atoms with Crippen LogP contribution < -0.4 is 28.3 Å². The second-order valence-corrected chi connectivity index (χ2v) is 5.19. The molecule has 17 nitrogen and oxygen atoms in total. The zero-order valence-electron chi connectivity index (χ0n) is 21.2. The highest BCUT2D eigenvalue weighted by Gasteiger charge is 1.83. The second kappa shape index (κ2) is 52.5. The van der Waals surface area contributed by atoms with Gasteiger partial charge in [0.2, 0.25) is 0 Å². The van der Waals surface area contributed by atoms with E-state index in [9.17, 15) is 0 Å². The minimum atomic E-state index is -0.833. The Morgan fingerprint density at radius 1 is 0.457 bits per heavy atom. The number of nitrogens with one attached hydrogen (secondary N) is 2. The average molecular weight is 524 g/mol. The Hall–Kier alpha value is -3.38. The predicted molar refractivity (Wildman–Crippen MR) is 129 cm³/mol. The molecule has 15 N–H and O–H groups in total. The summed E-state index contributed by atoms with van der Waals surface area (Å²) in [6, 6.07) is 0. The van der Waals surface area contributed by atoms with Crippen LogP contribution in [0.5, 0.6) is 0 Å². The number of nitrogens with two attached hydrogens (primary N) is 2. The first-order valence-corrected chi connectivity index (χ1v) is 9.30. The number of hydrogen-bond acceptors (Lipinski definition) is 11. The van der Waals surface area contributed by atoms with Crippen molar-refractivity contribution >= 4 is 35.8 Å². The number of carboxylic acids is 6. The third-order valence-corrected chi connectivity index (χ3v) is 1.12. The molecule has 0 rings (SSSR count). The van der Waals surface area contributed by atoms with Crippen molar-refractivity contribution in [1.82, 2.24) is 16.8 Å². The molecule has 0 fully saturated rings. The van der Waals surface area contributed by atoms with E-state index in [-0.39, 0.29) is 6.15 Å². The maximum Gasteiger partial charge on any atom is 0.300 e. The van der Waals surface area contributed by atoms with E-state index in [1.54, 1.807) is 0 Å². The summed E-state index contributed by atoms with van der Waals surface area (Å²) in [6.45, 7) is 11.6. The highest BCUT2D eigenvalue weighted by Crippen LogP contribution is 1.57. The summed E-state index contributed by atoms with van der Waals surface area (Å²) >= 11 is 0. The summed E-state index contributed by atoms with van der Waals surface area (Å²) in [6.07, 6.45) is 0. The van der Waals surface area contributed by atoms with Crippen molar-refractivity contribution in [1.29, 1.82) is 0 Å². The summed E-state index contributed by atoms with van der Waals surface area (Å²) < 4.78 is 0. The van der Waals surface area contributed by atoms with Crippen molar-refractivity contribution in [2.75, 3.05) is 39.3 Å². The third-order valence-electron chi connectivity index (χ3n) is 1.12. The molecule has 0 aliphatic carbocycles. The lowest BCUT2D eigenvalue weighted by molar-refractivity contribution is -0.135. The van der Waals surface area contributed by atoms with E-state index < -0.39 is 35.8 Å². The molecule has 0 aliphatic rings. The molecule has 0 aromatic rings. The molecule has 0 aliphatic heterocycles. The molecule has 0 bridgehead atoms. The summed E-state index contributed by atoms with van der Waals surface area (Å²) in [5.41, 5.74) is 10.5. The van der Waals surface area contributed by atoms with E-state index in [1.165, 1.54) is 0 Å². The lowest BCUT2D eigenvalue weighted by Gasteiger charge is -2.03. The number of carboxylic acid groups (broad SMARTS) is 6. The molecular weight excluding hydrogens is 478 g/mol. The quantitative estimate of drug-likeness (QED) is 0.174. The van der Waals surface area contributed by atoms with Crippen LogP contribution in [0.25, 0.3) is 0 Å². The standard InChI is InChI=1S/C6H18N4.6C2H4O2.H3N/c7-1-3-9-5-6-10-4-2-8;6*1-2(3)4;/h9-10H,1-8H2;6*1H3,(H,3,4);1H3. The van der Waals surface area contributed by atoms with Gasteiger partial charge in [-0.3, -0.25) is 28.8 Å². The van der Waals surface area contributed by atoms with E-state index in [1.807, 2.05) is 0 Å². The molecule has 0 saturated carbocycles. The molecule has 0 saturated heterocycles. The first-order valence-electron chi connectivity index (χ1n) is 9.30. The Balaban J connectivity index is -0.0000000423. The fourth-order valence-corrected chi connectivity index (χ4v) is 0.631. The van der Waals surface area contributed by atoms with Crippen LogP contribution in [0.1, 0.15) is 41.5 Å². The van der Waals surface area contributed by atoms with E-state index in [0.717, 1.165) is 67.7 Å². The molecule has 0 aromatic carbocycles. The van der Waals surface area contributed by atoms with Crippen molar-refractivity contribution in [2.24, 2.45) is 11.5 Å². The molecule has 17 heteroatoms. The van der Waals surface area contributed by atoms with Crippen LogP contribution in [0.4, 0.5) is 0 Å². The van der Waals surface area contributed by atoms with Gasteiger partial charge in [-0.05, 0) is 0 Å². The molecule has 0 radical (unpaired) electrons. The normalized spacial score (nSPS) is 7.20. The SMILES string of the molecule is CC(=O)O.CC(=O)O.CC(=O)O.CC(=O)O.CC(=O)O.CC(=O)O.N.NCCNCCNCCN. The first-order chi connectivity index (χ1) is 15.3. The van der Waals surface area contributed by atoms with Crippen LogP contribution in [0.15, 0.2) is 0 Å². The fourth-order valence-electron chi connectivity index (χ4n) is 0.631. The van der Waals surface area contributed by atoms with Crippen molar-refractivity contribution in [3.05, 3.63) is 0 Å². The van der Waals surface area contributed by atoms with E-state index in [4.69, 9.17) is 70.9 Å². The Kier molecular flexibility index (Phi) is 79.7. The van der Waals surface area contributed by atoms with Crippen molar-refractivity contribution in [3.63, 3.8) is 0 Å². The van der Waals surface area contributed by atoms with Gasteiger partial charge in [0.25, 0.3) is 35.8 Å². The second-order valence-electron chi connectivity index (χ2n) is 5.19. The molecule has 35 heavy (non-hydrogen) atoms. The molecule has 0 unspecified atom stereocenters. The third kappa shape index (κ3) is 1910. The van der Waals surface area contributed by atoms with Gasteiger partial charge in [0, 0.05) is 80.8 Å². The topological polar surface area (TPSA) is 335 Å². The maximum atomic E-state index is 9.00. The minimum absolute atomic E-state index is 0. The monoisotopic (exact) mass is 523 g/mol. The van der Waals surface area contributed by atoms with Gasteiger partial charge in [0.1, 0.15) is 0 Å². The van der Waals surface area contributed by atoms with E-state index >= 15 is 0 Å². The van der Waals surface area contributed by atoms with Crippen molar-refractivity contribution in [2.45, 2.75) is 41.5 Å². The Bertz CT molecular complexity index is 381. The van der Waals surface area contributed by atoms with Crippen LogP contribution in [0, 0.1) is 0 Å². The molecule has 0 spiro atoms. The molecule has 0 aromatic heterocycles. The highest BCUT2D eigenvalue weighted by molar-refractivity contribution is 5.64. The highest BCUT2D eigenvalue weighted by atomic mass is 16.4. The molecule has 214 valence electrons. The van der Waals surface area contributed by atoms with Gasteiger partial charge in [-0.15, -0.1) is 0 Å². The summed E-state index contributed by atoms with van der Waals surface area (Å²) in [5.74, 6) is -5.00. The van der Waals surface area contributed by atoms with Crippen LogP contribution in [0.3, 0.4) is 0 Å². The zero-order valence-corrected chi connectivity index (χ0v) is 21.2. The molecular formula is C18H45N5O12. The predicted octanol–water partition coefficient (Wildman–Crippen LogP) is -1.21. The largest absolute Gasteiger partial charge is 0.481 e. The van der Waals surface area contributed by atoms with Gasteiger partial charge < -0.3 is 58.9 Å². The Morgan fingerprint density at radius 3 is 0.657 bits per heavy atom. The summed E-state index contributed by atoms with van der Waals surface area (Å²) in [5, 5.41) is 50.8. The average Bonchev–Trinajstić information content (AvgIpc) is 2.55. The van der Waals surface area contributed by atoms with Crippen LogP contribution >= 0.6 is 0 Å². The zero-order chi connectivity index (χ0) is 29.1. The smallest absolute Gasteiger partial charge is 0.300 e. The van der Waals surface area contributed by atoms with Gasteiger partial charge in [0.15, 0.2) is 0 Å². The number of hydrogen-bond donors (Lipinski definition) is 11. The van der Waals surface area contributed by atoms with Crippen molar-refractivity contribution < 1.29 is 59.4 Å².